The van der Waals surface area contributed by atoms with Crippen LogP contribution in [0.1, 0.15) is 5.56 Å². The van der Waals surface area contributed by atoms with Crippen LogP contribution in [0.3, 0.4) is 0 Å². The first-order valence-electron chi connectivity index (χ1n) is 9.30. The number of carbonyl (C=O) groups excluding carboxylic acids is 2. The van der Waals surface area contributed by atoms with E-state index in [0.29, 0.717) is 11.5 Å². The summed E-state index contributed by atoms with van der Waals surface area (Å²) >= 11 is 8.49. The first kappa shape index (κ1) is 22.5. The average Bonchev–Trinajstić information content (AvgIpc) is 2.76. The van der Waals surface area contributed by atoms with Gasteiger partial charge in [0.05, 0.1) is 4.47 Å². The molecule has 9 heteroatoms. The van der Waals surface area contributed by atoms with Crippen molar-refractivity contribution < 1.29 is 19.1 Å². The summed E-state index contributed by atoms with van der Waals surface area (Å²) < 4.78 is 11.7. The molecule has 3 N–H and O–H groups in total. The van der Waals surface area contributed by atoms with E-state index < -0.39 is 11.8 Å². The second kappa shape index (κ2) is 10.7. The van der Waals surface area contributed by atoms with Crippen LogP contribution in [0.15, 0.2) is 65.1 Å². The zero-order valence-corrected chi connectivity index (χ0v) is 19.0. The van der Waals surface area contributed by atoms with Crippen LogP contribution in [0.2, 0.25) is 0 Å². The lowest BCUT2D eigenvalue weighted by Crippen LogP contribution is -2.50. The normalized spacial score (nSPS) is 10.3. The lowest BCUT2D eigenvalue weighted by atomic mass is 10.1. The minimum Gasteiger partial charge on any atom is -0.484 e. The summed E-state index contributed by atoms with van der Waals surface area (Å²) in [7, 11) is 0. The van der Waals surface area contributed by atoms with Gasteiger partial charge >= 0.3 is 0 Å². The number of nitrogens with one attached hydrogen (secondary N) is 3. The Morgan fingerprint density at radius 3 is 2.52 bits per heavy atom. The highest BCUT2D eigenvalue weighted by Gasteiger charge is 2.10. The van der Waals surface area contributed by atoms with Gasteiger partial charge in [-0.05, 0) is 69.6 Å². The molecular weight excluding hydrogens is 482 g/mol. The lowest BCUT2D eigenvalue weighted by molar-refractivity contribution is -0.124. The zero-order valence-electron chi connectivity index (χ0n) is 16.6. The molecule has 3 aromatic rings. The highest BCUT2D eigenvalue weighted by atomic mass is 79.9. The smallest absolute Gasteiger partial charge is 0.276 e. The molecule has 0 fully saturated rings. The zero-order chi connectivity index (χ0) is 22.2. The molecule has 31 heavy (non-hydrogen) atoms. The van der Waals surface area contributed by atoms with Crippen molar-refractivity contribution in [2.45, 2.75) is 6.92 Å². The Morgan fingerprint density at radius 2 is 1.71 bits per heavy atom. The maximum Gasteiger partial charge on any atom is 0.276 e. The van der Waals surface area contributed by atoms with E-state index in [4.69, 9.17) is 21.7 Å². The van der Waals surface area contributed by atoms with Gasteiger partial charge in [-0.3, -0.25) is 25.8 Å². The van der Waals surface area contributed by atoms with E-state index in [1.165, 1.54) is 0 Å². The minimum absolute atomic E-state index is 0.0573. The van der Waals surface area contributed by atoms with Crippen molar-refractivity contribution in [2.75, 3.05) is 13.2 Å². The molecule has 0 unspecified atom stereocenters. The number of aryl methyl sites for hydroxylation is 1. The van der Waals surface area contributed by atoms with Crippen molar-refractivity contribution in [1.29, 1.82) is 0 Å². The molecule has 0 aliphatic carbocycles. The molecule has 0 saturated carbocycles. The molecule has 0 aliphatic rings. The first-order valence-corrected chi connectivity index (χ1v) is 10.5. The molecule has 3 rings (SSSR count). The highest BCUT2D eigenvalue weighted by molar-refractivity contribution is 9.10. The molecule has 2 amide bonds. The second-order valence-corrected chi connectivity index (χ2v) is 7.74. The molecule has 0 aliphatic heterocycles. The summed E-state index contributed by atoms with van der Waals surface area (Å²) in [6.07, 6.45) is 0. The Kier molecular flexibility index (Phi) is 7.80. The summed E-state index contributed by atoms with van der Waals surface area (Å²) in [5.41, 5.74) is 5.85. The van der Waals surface area contributed by atoms with Crippen LogP contribution in [0.4, 0.5) is 0 Å². The number of fused-ring (bicyclic) bond motifs is 1. The Labute approximate surface area is 193 Å². The number of amides is 2. The largest absolute Gasteiger partial charge is 0.484 e. The van der Waals surface area contributed by atoms with Crippen molar-refractivity contribution in [3.05, 3.63) is 70.7 Å². The summed E-state index contributed by atoms with van der Waals surface area (Å²) in [5, 5.41) is 4.40. The maximum absolute atomic E-state index is 12.0. The molecule has 160 valence electrons. The van der Waals surface area contributed by atoms with Gasteiger partial charge in [0.15, 0.2) is 18.3 Å². The van der Waals surface area contributed by atoms with Crippen molar-refractivity contribution in [3.8, 4) is 11.5 Å². The van der Waals surface area contributed by atoms with Gasteiger partial charge in [0.25, 0.3) is 11.8 Å². The first-order chi connectivity index (χ1) is 14.9. The third kappa shape index (κ3) is 6.66. The van der Waals surface area contributed by atoms with E-state index in [9.17, 15) is 9.59 Å². The Bertz CT molecular complexity index is 1120. The molecule has 0 aromatic heterocycles. The van der Waals surface area contributed by atoms with Crippen LogP contribution in [0, 0.1) is 6.92 Å². The topological polar surface area (TPSA) is 88.7 Å². The fraction of sp³-hybridized carbons (Fsp3) is 0.136. The number of hydrogen-bond donors (Lipinski definition) is 3. The van der Waals surface area contributed by atoms with Crippen LogP contribution in [0.5, 0.6) is 11.5 Å². The van der Waals surface area contributed by atoms with Gasteiger partial charge in [-0.1, -0.05) is 42.5 Å². The molecule has 7 nitrogen and oxygen atoms in total. The van der Waals surface area contributed by atoms with Crippen LogP contribution >= 0.6 is 28.1 Å². The SMILES string of the molecule is Cc1cccc(OCC(=O)NC(=S)NNC(=O)COc2ccc3ccccc3c2Br)c1. The molecule has 0 atom stereocenters. The standard InChI is InChI=1S/C22H20BrN3O4S/c1-14-5-4-7-16(11-14)29-12-19(27)24-22(31)26-25-20(28)13-30-18-10-9-15-6-2-3-8-17(15)21(18)23/h2-11H,12-13H2,1H3,(H,25,28)(H2,24,26,27,31). The second-order valence-electron chi connectivity index (χ2n) is 6.54. The van der Waals surface area contributed by atoms with E-state index in [1.807, 2.05) is 55.5 Å². The fourth-order valence-electron chi connectivity index (χ4n) is 2.68. The lowest BCUT2D eigenvalue weighted by Gasteiger charge is -2.13. The predicted molar refractivity (Wildman–Crippen MR) is 126 cm³/mol. The van der Waals surface area contributed by atoms with Crippen LogP contribution in [-0.2, 0) is 9.59 Å². The molecule has 0 heterocycles. The number of carbonyl (C=O) groups is 2. The quantitative estimate of drug-likeness (QED) is 0.354. The number of hydrogen-bond acceptors (Lipinski definition) is 5. The minimum atomic E-state index is -0.465. The van der Waals surface area contributed by atoms with E-state index >= 15 is 0 Å². The molecule has 0 bridgehead atoms. The number of halogens is 1. The molecule has 0 saturated heterocycles. The third-order valence-electron chi connectivity index (χ3n) is 4.11. The van der Waals surface area contributed by atoms with Gasteiger partial charge in [-0.2, -0.15) is 0 Å². The van der Waals surface area contributed by atoms with E-state index in [1.54, 1.807) is 12.1 Å². The Balaban J connectivity index is 1.39. The molecule has 0 radical (unpaired) electrons. The van der Waals surface area contributed by atoms with E-state index in [-0.39, 0.29) is 18.3 Å². The van der Waals surface area contributed by atoms with Gasteiger partial charge in [0.2, 0.25) is 0 Å². The van der Waals surface area contributed by atoms with Gasteiger partial charge in [0, 0.05) is 0 Å². The van der Waals surface area contributed by atoms with Gasteiger partial charge in [-0.15, -0.1) is 0 Å². The van der Waals surface area contributed by atoms with Gasteiger partial charge in [-0.25, -0.2) is 0 Å². The van der Waals surface area contributed by atoms with E-state index in [2.05, 4.69) is 32.1 Å². The number of benzene rings is 3. The molecule has 3 aromatic carbocycles. The maximum atomic E-state index is 12.0. The summed E-state index contributed by atoms with van der Waals surface area (Å²) in [4.78, 5) is 23.9. The van der Waals surface area contributed by atoms with Crippen molar-refractivity contribution in [1.82, 2.24) is 16.2 Å². The number of thiocarbonyl (C=S) groups is 1. The fourth-order valence-corrected chi connectivity index (χ4v) is 3.45. The van der Waals surface area contributed by atoms with Crippen LogP contribution < -0.4 is 25.6 Å². The molecule has 0 spiro atoms. The van der Waals surface area contributed by atoms with Crippen LogP contribution in [-0.4, -0.2) is 30.1 Å². The monoisotopic (exact) mass is 501 g/mol. The molecular formula is C22H20BrN3O4S. The summed E-state index contributed by atoms with van der Waals surface area (Å²) in [6.45, 7) is 1.48. The van der Waals surface area contributed by atoms with Gasteiger partial charge < -0.3 is 9.47 Å². The third-order valence-corrected chi connectivity index (χ3v) is 5.14. The number of ether oxygens (including phenoxy) is 2. The van der Waals surface area contributed by atoms with Crippen LogP contribution in [0.25, 0.3) is 10.8 Å². The number of rotatable bonds is 6. The Hall–Kier alpha value is -3.17. The number of hydrazine groups is 1. The Morgan fingerprint density at radius 1 is 0.935 bits per heavy atom. The summed E-state index contributed by atoms with van der Waals surface area (Å²) in [5.74, 6) is 0.203. The van der Waals surface area contributed by atoms with Gasteiger partial charge in [0.1, 0.15) is 11.5 Å². The van der Waals surface area contributed by atoms with Crippen molar-refractivity contribution in [3.63, 3.8) is 0 Å². The summed E-state index contributed by atoms with van der Waals surface area (Å²) in [6, 6.07) is 18.9. The predicted octanol–water partition coefficient (Wildman–Crippen LogP) is 3.39. The van der Waals surface area contributed by atoms with Crippen molar-refractivity contribution in [2.24, 2.45) is 0 Å². The van der Waals surface area contributed by atoms with Crippen molar-refractivity contribution >= 4 is 55.8 Å². The van der Waals surface area contributed by atoms with E-state index in [0.717, 1.165) is 20.8 Å². The average molecular weight is 502 g/mol. The highest BCUT2D eigenvalue weighted by Crippen LogP contribution is 2.32.